The van der Waals surface area contributed by atoms with Gasteiger partial charge in [0, 0.05) is 0 Å². The Balaban J connectivity index is -0.000000107. The normalized spacial score (nSPS) is 10.7. The fraction of sp³-hybridized carbons (Fsp3) is 1.00. The Bertz CT molecular complexity index is 116. The summed E-state index contributed by atoms with van der Waals surface area (Å²) in [7, 11) is -3.69. The summed E-state index contributed by atoms with van der Waals surface area (Å²) in [6, 6.07) is 0. The molecule has 0 aromatic heterocycles. The van der Waals surface area contributed by atoms with Crippen molar-refractivity contribution < 1.29 is 21.4 Å². The SMILES string of the molecule is CCOP(=O)(O)OCC.[Ba+2].[H-].[H-]. The smallest absolute Gasteiger partial charge is 1.00 e. The van der Waals surface area contributed by atoms with E-state index in [0.717, 1.165) is 0 Å². The molecule has 0 aromatic carbocycles. The third kappa shape index (κ3) is 7.78. The van der Waals surface area contributed by atoms with E-state index in [1.54, 1.807) is 13.8 Å². The molecule has 0 fully saturated rings. The second-order valence-electron chi connectivity index (χ2n) is 1.30. The molecule has 0 aliphatic carbocycles. The van der Waals surface area contributed by atoms with Crippen LogP contribution in [-0.2, 0) is 13.6 Å². The molecule has 60 valence electrons. The van der Waals surface area contributed by atoms with Crippen LogP contribution in [0.4, 0.5) is 0 Å². The maximum Gasteiger partial charge on any atom is 2.00 e. The second-order valence-corrected chi connectivity index (χ2v) is 2.76. The third-order valence-electron chi connectivity index (χ3n) is 0.584. The van der Waals surface area contributed by atoms with Gasteiger partial charge in [0.2, 0.25) is 0 Å². The molecule has 4 nitrogen and oxygen atoms in total. The molecule has 0 aromatic rings. The number of hydrogen-bond acceptors (Lipinski definition) is 3. The Hall–Kier alpha value is 1.68. The predicted molar refractivity (Wildman–Crippen MR) is 41.1 cm³/mol. The fourth-order valence-corrected chi connectivity index (χ4v) is 1.09. The molecule has 0 bridgehead atoms. The molecule has 0 atom stereocenters. The van der Waals surface area contributed by atoms with E-state index in [4.69, 9.17) is 4.89 Å². The van der Waals surface area contributed by atoms with E-state index >= 15 is 0 Å². The van der Waals surface area contributed by atoms with Gasteiger partial charge in [-0.3, -0.25) is 9.05 Å². The first-order valence-corrected chi connectivity index (χ1v) is 4.23. The minimum atomic E-state index is -3.69. The van der Waals surface area contributed by atoms with Crippen LogP contribution in [0.15, 0.2) is 0 Å². The Morgan fingerprint density at radius 3 is 1.90 bits per heavy atom. The van der Waals surface area contributed by atoms with E-state index < -0.39 is 7.82 Å². The Labute approximate surface area is 104 Å². The minimum Gasteiger partial charge on any atom is -1.00 e. The maximum atomic E-state index is 10.5. The quantitative estimate of drug-likeness (QED) is 0.621. The second kappa shape index (κ2) is 7.34. The summed E-state index contributed by atoms with van der Waals surface area (Å²) < 4.78 is 19.2. The van der Waals surface area contributed by atoms with Gasteiger partial charge >= 0.3 is 56.7 Å². The zero-order valence-corrected chi connectivity index (χ0v) is 11.6. The van der Waals surface area contributed by atoms with Crippen LogP contribution in [0.1, 0.15) is 16.7 Å². The van der Waals surface area contributed by atoms with Crippen molar-refractivity contribution in [1.82, 2.24) is 0 Å². The monoisotopic (exact) mass is 294 g/mol. The minimum absolute atomic E-state index is 0. The molecule has 1 N–H and O–H groups in total. The molecule has 0 rings (SSSR count). The van der Waals surface area contributed by atoms with Gasteiger partial charge < -0.3 is 7.75 Å². The fourth-order valence-electron chi connectivity index (χ4n) is 0.364. The summed E-state index contributed by atoms with van der Waals surface area (Å²) in [5, 5.41) is 0. The zero-order valence-electron chi connectivity index (χ0n) is 8.24. The van der Waals surface area contributed by atoms with Gasteiger partial charge in [-0.1, -0.05) is 0 Å². The van der Waals surface area contributed by atoms with Crippen molar-refractivity contribution in [3.05, 3.63) is 0 Å². The molecular weight excluding hydrogens is 280 g/mol. The van der Waals surface area contributed by atoms with Crippen molar-refractivity contribution in [3.8, 4) is 0 Å². The van der Waals surface area contributed by atoms with E-state index in [1.807, 2.05) is 0 Å². The first-order valence-electron chi connectivity index (χ1n) is 2.74. The van der Waals surface area contributed by atoms with Gasteiger partial charge in [0.05, 0.1) is 13.2 Å². The zero-order chi connectivity index (χ0) is 7.33. The molecule has 0 radical (unpaired) electrons. The molecule has 0 aliphatic heterocycles. The van der Waals surface area contributed by atoms with E-state index in [1.165, 1.54) is 0 Å². The largest absolute Gasteiger partial charge is 2.00 e. The molecule has 6 heteroatoms. The van der Waals surface area contributed by atoms with Gasteiger partial charge in [-0.05, 0) is 13.8 Å². The van der Waals surface area contributed by atoms with E-state index in [-0.39, 0.29) is 64.9 Å². The van der Waals surface area contributed by atoms with Gasteiger partial charge in [0.25, 0.3) is 0 Å². The summed E-state index contributed by atoms with van der Waals surface area (Å²) in [5.41, 5.74) is 0. The van der Waals surface area contributed by atoms with E-state index in [0.29, 0.717) is 0 Å². The van der Waals surface area contributed by atoms with Crippen LogP contribution in [0.3, 0.4) is 0 Å². The molecule has 10 heavy (non-hydrogen) atoms. The summed E-state index contributed by atoms with van der Waals surface area (Å²) in [5.74, 6) is 0. The average Bonchev–Trinajstić information content (AvgIpc) is 1.64. The molecule has 0 aliphatic rings. The molecular formula is C4H13BaO4P. The van der Waals surface area contributed by atoms with Crippen LogP contribution in [0.2, 0.25) is 0 Å². The van der Waals surface area contributed by atoms with Crippen molar-refractivity contribution in [2.24, 2.45) is 0 Å². The summed E-state index contributed by atoms with van der Waals surface area (Å²) in [6.45, 7) is 3.63. The predicted octanol–water partition coefficient (Wildman–Crippen LogP) is 1.00. The van der Waals surface area contributed by atoms with Gasteiger partial charge in [0.1, 0.15) is 0 Å². The first-order chi connectivity index (χ1) is 4.12. The van der Waals surface area contributed by atoms with Crippen molar-refractivity contribution in [2.75, 3.05) is 13.2 Å². The van der Waals surface area contributed by atoms with Crippen LogP contribution < -0.4 is 0 Å². The first kappa shape index (κ1) is 14.2. The van der Waals surface area contributed by atoms with Gasteiger partial charge in [0.15, 0.2) is 0 Å². The molecule has 0 spiro atoms. The number of phosphoric acid groups is 1. The van der Waals surface area contributed by atoms with Crippen molar-refractivity contribution in [3.63, 3.8) is 0 Å². The average molecular weight is 293 g/mol. The van der Waals surface area contributed by atoms with E-state index in [2.05, 4.69) is 9.05 Å². The summed E-state index contributed by atoms with van der Waals surface area (Å²) >= 11 is 0. The molecule has 0 saturated carbocycles. The van der Waals surface area contributed by atoms with Gasteiger partial charge in [-0.2, -0.15) is 0 Å². The van der Waals surface area contributed by atoms with Gasteiger partial charge in [-0.15, -0.1) is 0 Å². The number of phosphoric ester groups is 1. The van der Waals surface area contributed by atoms with Crippen LogP contribution in [0, 0.1) is 0 Å². The molecule has 0 heterocycles. The van der Waals surface area contributed by atoms with Gasteiger partial charge in [-0.25, -0.2) is 4.57 Å². The summed E-state index contributed by atoms with van der Waals surface area (Å²) in [4.78, 5) is 8.63. The third-order valence-corrected chi connectivity index (χ3v) is 1.75. The maximum absolute atomic E-state index is 10.5. The topological polar surface area (TPSA) is 55.8 Å². The van der Waals surface area contributed by atoms with Crippen molar-refractivity contribution in [2.45, 2.75) is 13.8 Å². The van der Waals surface area contributed by atoms with Crippen molar-refractivity contribution >= 4 is 56.7 Å². The Morgan fingerprint density at radius 1 is 1.40 bits per heavy atom. The van der Waals surface area contributed by atoms with Crippen molar-refractivity contribution in [1.29, 1.82) is 0 Å². The standard InChI is InChI=1S/C4H11O4P.Ba.2H/c1-3-7-9(5,6)8-4-2;;;/h3-4H2,1-2H3,(H,5,6);;;/q;+2;2*-1. The number of rotatable bonds is 4. The van der Waals surface area contributed by atoms with Crippen LogP contribution in [0.5, 0.6) is 0 Å². The Kier molecular flexibility index (Phi) is 10.4. The molecule has 0 unspecified atom stereocenters. The van der Waals surface area contributed by atoms with Crippen LogP contribution >= 0.6 is 7.82 Å². The van der Waals surface area contributed by atoms with E-state index in [9.17, 15) is 4.57 Å². The Morgan fingerprint density at radius 2 is 1.70 bits per heavy atom. The van der Waals surface area contributed by atoms with Crippen LogP contribution in [-0.4, -0.2) is 67.0 Å². The number of hydrogen-bond donors (Lipinski definition) is 1. The molecule has 0 amide bonds. The van der Waals surface area contributed by atoms with Crippen LogP contribution in [0.25, 0.3) is 0 Å². The molecule has 0 saturated heterocycles. The summed E-state index contributed by atoms with van der Waals surface area (Å²) in [6.07, 6.45) is 0.